The van der Waals surface area contributed by atoms with Crippen molar-refractivity contribution in [2.75, 3.05) is 0 Å². The molecule has 0 radical (unpaired) electrons. The van der Waals surface area contributed by atoms with E-state index in [9.17, 15) is 34.2 Å². The van der Waals surface area contributed by atoms with Gasteiger partial charge in [0.1, 0.15) is 11.7 Å². The largest absolute Gasteiger partial charge is 0.459 e. The number of rotatable bonds is 14. The topological polar surface area (TPSA) is 172 Å². The lowest BCUT2D eigenvalue weighted by Crippen LogP contribution is -2.64. The van der Waals surface area contributed by atoms with Gasteiger partial charge < -0.3 is 33.9 Å². The number of hydrogen-bond donors (Lipinski definition) is 2. The molecule has 2 fully saturated rings. The molecule has 0 bridgehead atoms. The number of aliphatic hydroxyl groups is 2. The van der Waals surface area contributed by atoms with Crippen molar-refractivity contribution in [2.24, 2.45) is 5.92 Å². The van der Waals surface area contributed by atoms with E-state index in [4.69, 9.17) is 23.7 Å². The van der Waals surface area contributed by atoms with Crippen molar-refractivity contribution in [3.05, 3.63) is 23.3 Å². The van der Waals surface area contributed by atoms with Crippen LogP contribution in [0.1, 0.15) is 113 Å². The second-order valence-electron chi connectivity index (χ2n) is 13.1. The molecule has 0 spiro atoms. The molecule has 1 saturated carbocycles. The number of esters is 5. The molecule has 0 amide bonds. The van der Waals surface area contributed by atoms with Gasteiger partial charge in [0.25, 0.3) is 0 Å². The first-order valence-electron chi connectivity index (χ1n) is 16.3. The van der Waals surface area contributed by atoms with Gasteiger partial charge in [0, 0.05) is 26.2 Å². The van der Waals surface area contributed by atoms with Crippen molar-refractivity contribution in [3.63, 3.8) is 0 Å². The first-order chi connectivity index (χ1) is 21.5. The van der Waals surface area contributed by atoms with Gasteiger partial charge in [0.05, 0.1) is 12.3 Å². The summed E-state index contributed by atoms with van der Waals surface area (Å²) < 4.78 is 29.0. The summed E-state index contributed by atoms with van der Waals surface area (Å²) in [6.45, 7) is 11.1. The molecule has 8 atom stereocenters. The number of fused-ring (bicyclic) bond motifs is 3. The van der Waals surface area contributed by atoms with Crippen molar-refractivity contribution < 1.29 is 57.9 Å². The predicted molar refractivity (Wildman–Crippen MR) is 164 cm³/mol. The third-order valence-electron chi connectivity index (χ3n) is 9.25. The second kappa shape index (κ2) is 15.1. The first kappa shape index (κ1) is 37.2. The fraction of sp³-hybridized carbons (Fsp3) is 0.735. The summed E-state index contributed by atoms with van der Waals surface area (Å²) in [5.41, 5.74) is -5.94. The van der Waals surface area contributed by atoms with Crippen molar-refractivity contribution >= 4 is 29.8 Å². The van der Waals surface area contributed by atoms with Crippen LogP contribution in [0.4, 0.5) is 0 Å². The zero-order chi connectivity index (χ0) is 34.4. The average molecular weight is 651 g/mol. The fourth-order valence-electron chi connectivity index (χ4n) is 6.73. The number of carbonyl (C=O) groups is 5. The summed E-state index contributed by atoms with van der Waals surface area (Å²) in [4.78, 5) is 64.7. The number of hydrogen-bond acceptors (Lipinski definition) is 12. The van der Waals surface area contributed by atoms with Crippen LogP contribution in [0, 0.1) is 5.92 Å². The number of unbranched alkanes of at least 4 members (excludes halogenated alkanes) is 4. The van der Waals surface area contributed by atoms with E-state index in [-0.39, 0.29) is 24.8 Å². The molecule has 1 heterocycles. The average Bonchev–Trinajstić information content (AvgIpc) is 3.37. The zero-order valence-electron chi connectivity index (χ0n) is 28.1. The number of allylic oxidation sites excluding steroid dienone is 1. The van der Waals surface area contributed by atoms with Crippen molar-refractivity contribution in [1.29, 1.82) is 0 Å². The molecule has 0 unspecified atom stereocenters. The SMILES string of the molecule is C/C=C(/C)CC(=O)O[C@H]1C=C2[C@H]([C@@H]1OC(=O)CCCCCCC)[C@@](C)(OC(C)=O)C[C@H](OC(=O)CCC)[C@@]1(O)[C@H]2OC(=O)[C@@]1(C)O. The van der Waals surface area contributed by atoms with Gasteiger partial charge in [-0.1, -0.05) is 51.2 Å². The maximum atomic E-state index is 13.3. The zero-order valence-corrected chi connectivity index (χ0v) is 28.1. The fourth-order valence-corrected chi connectivity index (χ4v) is 6.73. The van der Waals surface area contributed by atoms with Crippen LogP contribution in [0.15, 0.2) is 23.3 Å². The van der Waals surface area contributed by atoms with Crippen LogP contribution in [0.3, 0.4) is 0 Å². The van der Waals surface area contributed by atoms with Gasteiger partial charge in [-0.05, 0) is 52.2 Å². The summed E-state index contributed by atoms with van der Waals surface area (Å²) in [5, 5.41) is 23.7. The Balaban J connectivity index is 2.15. The highest BCUT2D eigenvalue weighted by atomic mass is 16.6. The normalized spacial score (nSPS) is 33.6. The smallest absolute Gasteiger partial charge is 0.341 e. The van der Waals surface area contributed by atoms with Gasteiger partial charge in [-0.2, -0.15) is 0 Å². The minimum absolute atomic E-state index is 0.0211. The minimum atomic E-state index is -2.57. The van der Waals surface area contributed by atoms with E-state index >= 15 is 0 Å². The maximum Gasteiger partial charge on any atom is 0.341 e. The standard InChI is InChI=1S/C34H50O12/c1-8-11-12-13-14-16-26(37)44-29-23(42-27(38)17-20(4)10-3)18-22-28(29)32(6,46-21(5)35)19-24(43-25(36)15-9-2)34(41)30(22)45-31(39)33(34,7)40/h10,18,23-24,28-30,40-41H,8-9,11-17,19H2,1-7H3/b20-10-/t23-,24-,28+,29+,30-,32-,33+,34+/m0/s1. The summed E-state index contributed by atoms with van der Waals surface area (Å²) >= 11 is 0. The Hall–Kier alpha value is -3.25. The Bertz CT molecular complexity index is 1230. The van der Waals surface area contributed by atoms with E-state index in [0.29, 0.717) is 12.8 Å². The molecule has 2 aliphatic carbocycles. The van der Waals surface area contributed by atoms with Gasteiger partial charge in [0.15, 0.2) is 29.5 Å². The van der Waals surface area contributed by atoms with E-state index in [1.807, 2.05) is 0 Å². The van der Waals surface area contributed by atoms with Crippen LogP contribution in [-0.4, -0.2) is 81.3 Å². The van der Waals surface area contributed by atoms with Crippen molar-refractivity contribution in [1.82, 2.24) is 0 Å². The van der Waals surface area contributed by atoms with Crippen LogP contribution in [0.2, 0.25) is 0 Å². The molecule has 0 aromatic heterocycles. The third-order valence-corrected chi connectivity index (χ3v) is 9.25. The third kappa shape index (κ3) is 7.65. The van der Waals surface area contributed by atoms with Gasteiger partial charge in [-0.3, -0.25) is 19.2 Å². The Morgan fingerprint density at radius 3 is 2.20 bits per heavy atom. The van der Waals surface area contributed by atoms with Crippen LogP contribution >= 0.6 is 0 Å². The van der Waals surface area contributed by atoms with E-state index < -0.39 is 83.4 Å². The van der Waals surface area contributed by atoms with E-state index in [0.717, 1.165) is 38.2 Å². The van der Waals surface area contributed by atoms with E-state index in [2.05, 4.69) is 6.92 Å². The Labute approximate surface area is 270 Å². The lowest BCUT2D eigenvalue weighted by molar-refractivity contribution is -0.212. The molecule has 3 aliphatic rings. The molecule has 46 heavy (non-hydrogen) atoms. The second-order valence-corrected chi connectivity index (χ2v) is 13.1. The first-order valence-corrected chi connectivity index (χ1v) is 16.3. The van der Waals surface area contributed by atoms with Crippen LogP contribution in [0.5, 0.6) is 0 Å². The number of ether oxygens (including phenoxy) is 5. The Morgan fingerprint density at radius 2 is 1.59 bits per heavy atom. The van der Waals surface area contributed by atoms with Gasteiger partial charge >= 0.3 is 29.8 Å². The molecular weight excluding hydrogens is 600 g/mol. The molecule has 12 nitrogen and oxygen atoms in total. The molecular formula is C34H50O12. The van der Waals surface area contributed by atoms with Crippen molar-refractivity contribution in [2.45, 2.75) is 154 Å². The summed E-state index contributed by atoms with van der Waals surface area (Å²) in [6, 6.07) is 0. The summed E-state index contributed by atoms with van der Waals surface area (Å²) in [5.74, 6) is -4.94. The van der Waals surface area contributed by atoms with Gasteiger partial charge in [-0.25, -0.2) is 4.79 Å². The molecule has 1 saturated heterocycles. The predicted octanol–water partition coefficient (Wildman–Crippen LogP) is 3.93. The molecule has 3 rings (SSSR count). The van der Waals surface area contributed by atoms with E-state index in [1.54, 1.807) is 26.8 Å². The van der Waals surface area contributed by atoms with E-state index in [1.165, 1.54) is 19.9 Å². The Morgan fingerprint density at radius 1 is 0.935 bits per heavy atom. The molecule has 2 N–H and O–H groups in total. The molecule has 258 valence electrons. The quantitative estimate of drug-likeness (QED) is 0.120. The summed E-state index contributed by atoms with van der Waals surface area (Å²) in [6.07, 6.45) is 1.90. The molecule has 1 aliphatic heterocycles. The molecule has 0 aromatic rings. The van der Waals surface area contributed by atoms with Gasteiger partial charge in [0.2, 0.25) is 0 Å². The maximum absolute atomic E-state index is 13.3. The monoisotopic (exact) mass is 650 g/mol. The number of carbonyl (C=O) groups excluding carboxylic acids is 5. The lowest BCUT2D eigenvalue weighted by Gasteiger charge is -2.41. The Kier molecular flexibility index (Phi) is 12.2. The molecule has 12 heteroatoms. The van der Waals surface area contributed by atoms with Crippen molar-refractivity contribution in [3.8, 4) is 0 Å². The highest BCUT2D eigenvalue weighted by Gasteiger charge is 2.75. The lowest BCUT2D eigenvalue weighted by atomic mass is 9.75. The highest BCUT2D eigenvalue weighted by molar-refractivity contribution is 5.85. The van der Waals surface area contributed by atoms with Gasteiger partial charge in [-0.15, -0.1) is 0 Å². The summed E-state index contributed by atoms with van der Waals surface area (Å²) in [7, 11) is 0. The van der Waals surface area contributed by atoms with Crippen LogP contribution in [0.25, 0.3) is 0 Å². The molecule has 0 aromatic carbocycles. The minimum Gasteiger partial charge on any atom is -0.459 e. The van der Waals surface area contributed by atoms with Crippen LogP contribution in [-0.2, 0) is 47.7 Å². The van der Waals surface area contributed by atoms with Crippen LogP contribution < -0.4 is 0 Å². The highest BCUT2D eigenvalue weighted by Crippen LogP contribution is 2.56.